The fourth-order valence-electron chi connectivity index (χ4n) is 0. The highest BCUT2D eigenvalue weighted by Crippen LogP contribution is 1.74. The van der Waals surface area contributed by atoms with Crippen molar-refractivity contribution in [3.05, 3.63) is 38.0 Å². The highest BCUT2D eigenvalue weighted by atomic mass is 31.0. The molecule has 0 rings (SSSR count). The molecule has 3 atom stereocenters. The average molecular weight is 441 g/mol. The van der Waals surface area contributed by atoms with Gasteiger partial charge in [0.25, 0.3) is 0 Å². The SMILES string of the molecule is C=CCP.C=CCP.C=CCP.N#CB(O)F.N#CB(O)F.N#CB(O)F. The first-order chi connectivity index (χ1) is 12.6. The number of rotatable bonds is 3. The second kappa shape index (κ2) is 49.8. The molecular formula is C12H24B3F3N3O3P3. The van der Waals surface area contributed by atoms with Crippen LogP contribution in [0.5, 0.6) is 0 Å². The molecule has 0 saturated carbocycles. The third-order valence-corrected chi connectivity index (χ3v) is 1.82. The summed E-state index contributed by atoms with van der Waals surface area (Å²) in [7, 11) is 0.681. The molecule has 0 spiro atoms. The minimum Gasteiger partial charge on any atom is -0.412 e. The van der Waals surface area contributed by atoms with Crippen molar-refractivity contribution < 1.29 is 28.0 Å². The zero-order valence-corrected chi connectivity index (χ0v) is 18.2. The summed E-state index contributed by atoms with van der Waals surface area (Å²) < 4.78 is 31.9. The maximum Gasteiger partial charge on any atom is 0.614 e. The summed E-state index contributed by atoms with van der Waals surface area (Å²) in [4.78, 5) is 0. The number of allylic oxidation sites excluding steroid dienone is 3. The van der Waals surface area contributed by atoms with Crippen LogP contribution in [0, 0.1) is 33.7 Å². The van der Waals surface area contributed by atoms with Gasteiger partial charge < -0.3 is 15.1 Å². The maximum absolute atomic E-state index is 10.6. The Morgan fingerprint density at radius 2 is 0.741 bits per heavy atom. The number of nitrogens with zero attached hydrogens (tertiary/aromatic N) is 3. The highest BCUT2D eigenvalue weighted by molar-refractivity contribution is 7.17. The first-order valence-electron chi connectivity index (χ1n) is 6.64. The lowest BCUT2D eigenvalue weighted by Gasteiger charge is -1.63. The van der Waals surface area contributed by atoms with E-state index in [0.717, 1.165) is 36.4 Å². The van der Waals surface area contributed by atoms with Gasteiger partial charge in [0.2, 0.25) is 0 Å². The van der Waals surface area contributed by atoms with Crippen molar-refractivity contribution in [2.24, 2.45) is 0 Å². The summed E-state index contributed by atoms with van der Waals surface area (Å²) in [5.41, 5.74) is 0. The highest BCUT2D eigenvalue weighted by Gasteiger charge is 2.03. The van der Waals surface area contributed by atoms with Gasteiger partial charge in [0.15, 0.2) is 0 Å². The predicted molar refractivity (Wildman–Crippen MR) is 118 cm³/mol. The molecule has 6 nitrogen and oxygen atoms in total. The Morgan fingerprint density at radius 1 is 0.667 bits per heavy atom. The van der Waals surface area contributed by atoms with E-state index in [-0.39, 0.29) is 0 Å². The van der Waals surface area contributed by atoms with Crippen LogP contribution >= 0.6 is 27.7 Å². The minimum atomic E-state index is -2.31. The number of hydrogen-bond donors (Lipinski definition) is 3. The molecule has 0 aromatic rings. The molecule has 0 bridgehead atoms. The Hall–Kier alpha value is -1.16. The van der Waals surface area contributed by atoms with Crippen LogP contribution in [0.4, 0.5) is 12.9 Å². The molecule has 3 N–H and O–H groups in total. The molecule has 0 aliphatic rings. The molecule has 0 aromatic carbocycles. The van der Waals surface area contributed by atoms with Crippen molar-refractivity contribution in [2.45, 2.75) is 0 Å². The van der Waals surface area contributed by atoms with Crippen molar-refractivity contribution in [1.82, 2.24) is 0 Å². The molecule has 0 fully saturated rings. The van der Waals surface area contributed by atoms with E-state index in [0.29, 0.717) is 0 Å². The molecule has 0 radical (unpaired) electrons. The van der Waals surface area contributed by atoms with Crippen molar-refractivity contribution in [3.63, 3.8) is 0 Å². The standard InChI is InChI=1S/3C3H7P.3CHBFNO/c3*1-2-3-4;3*3-2(5)1-4/h3*2H,1,3-4H2;3*5H. The molecule has 0 aliphatic heterocycles. The Bertz CT molecular complexity index is 372. The van der Waals surface area contributed by atoms with E-state index < -0.39 is 21.6 Å². The Kier molecular flexibility index (Phi) is 74.7. The van der Waals surface area contributed by atoms with Crippen LogP contribution in [0.1, 0.15) is 0 Å². The van der Waals surface area contributed by atoms with E-state index in [1.165, 1.54) is 0 Å². The smallest absolute Gasteiger partial charge is 0.412 e. The van der Waals surface area contributed by atoms with E-state index in [4.69, 9.17) is 30.9 Å². The zero-order chi connectivity index (χ0) is 23.1. The van der Waals surface area contributed by atoms with Gasteiger partial charge in [-0.3, -0.25) is 12.9 Å². The molecule has 0 aliphatic carbocycles. The van der Waals surface area contributed by atoms with Crippen LogP contribution < -0.4 is 0 Å². The van der Waals surface area contributed by atoms with Gasteiger partial charge in [-0.2, -0.15) is 0 Å². The van der Waals surface area contributed by atoms with E-state index in [1.807, 2.05) is 18.2 Å². The van der Waals surface area contributed by atoms with Crippen molar-refractivity contribution in [1.29, 1.82) is 15.8 Å². The summed E-state index contributed by atoms with van der Waals surface area (Å²) in [6.07, 6.45) is 8.51. The van der Waals surface area contributed by atoms with Gasteiger partial charge in [-0.15, -0.1) is 47.5 Å². The lowest BCUT2D eigenvalue weighted by molar-refractivity contribution is 0.514. The van der Waals surface area contributed by atoms with E-state index in [2.05, 4.69) is 47.5 Å². The Morgan fingerprint density at radius 3 is 0.741 bits per heavy atom. The quantitative estimate of drug-likeness (QED) is 0.347. The van der Waals surface area contributed by atoms with Gasteiger partial charge in [-0.25, -0.2) is 15.8 Å². The van der Waals surface area contributed by atoms with Crippen molar-refractivity contribution in [3.8, 4) is 17.9 Å². The summed E-state index contributed by atoms with van der Waals surface area (Å²) in [6, 6.07) is 0. The molecular weight excluding hydrogens is 417 g/mol. The fraction of sp³-hybridized carbons (Fsp3) is 0.250. The first-order valence-corrected chi connectivity index (χ1v) is 9.09. The first kappa shape index (κ1) is 40.5. The normalized spacial score (nSPS) is 6.00. The zero-order valence-electron chi connectivity index (χ0n) is 14.8. The second-order valence-corrected chi connectivity index (χ2v) is 4.38. The van der Waals surface area contributed by atoms with Crippen LogP contribution in [0.25, 0.3) is 0 Å². The van der Waals surface area contributed by atoms with Crippen molar-refractivity contribution >= 4 is 49.3 Å². The molecule has 0 heterocycles. The van der Waals surface area contributed by atoms with Gasteiger partial charge >= 0.3 is 21.6 Å². The summed E-state index contributed by atoms with van der Waals surface area (Å²) in [6.45, 7) is 10.4. The van der Waals surface area contributed by atoms with E-state index in [1.54, 1.807) is 0 Å². The molecule has 3 unspecified atom stereocenters. The minimum absolute atomic E-state index is 0.917. The maximum atomic E-state index is 10.6. The molecule has 0 aromatic heterocycles. The Balaban J connectivity index is -0.0000000492. The van der Waals surface area contributed by atoms with E-state index in [9.17, 15) is 12.9 Å². The predicted octanol–water partition coefficient (Wildman–Crippen LogP) is 1.64. The van der Waals surface area contributed by atoms with Gasteiger partial charge in [0.1, 0.15) is 0 Å². The molecule has 0 amide bonds. The van der Waals surface area contributed by atoms with Gasteiger partial charge in [-0.1, -0.05) is 18.2 Å². The molecule has 0 saturated heterocycles. The summed E-state index contributed by atoms with van der Waals surface area (Å²) >= 11 is 0. The van der Waals surface area contributed by atoms with Crippen LogP contribution in [0.2, 0.25) is 0 Å². The van der Waals surface area contributed by atoms with Crippen LogP contribution in [-0.4, -0.2) is 55.1 Å². The van der Waals surface area contributed by atoms with Crippen LogP contribution in [0.15, 0.2) is 38.0 Å². The third kappa shape index (κ3) is 211. The van der Waals surface area contributed by atoms with Gasteiger partial charge in [0, 0.05) is 0 Å². The number of nitriles is 3. The summed E-state index contributed by atoms with van der Waals surface area (Å²) in [5, 5.41) is 43.8. The van der Waals surface area contributed by atoms with Crippen molar-refractivity contribution in [2.75, 3.05) is 18.5 Å². The average Bonchev–Trinajstić information content (AvgIpc) is 2.69. The monoisotopic (exact) mass is 441 g/mol. The van der Waals surface area contributed by atoms with Crippen LogP contribution in [0.3, 0.4) is 0 Å². The van der Waals surface area contributed by atoms with Gasteiger partial charge in [-0.05, 0) is 18.5 Å². The molecule has 27 heavy (non-hydrogen) atoms. The van der Waals surface area contributed by atoms with Crippen LogP contribution in [-0.2, 0) is 0 Å². The Labute approximate surface area is 167 Å². The topological polar surface area (TPSA) is 132 Å². The number of halogens is 3. The number of hydrogen-bond acceptors (Lipinski definition) is 6. The largest absolute Gasteiger partial charge is 0.614 e. The molecule has 150 valence electrons. The van der Waals surface area contributed by atoms with Gasteiger partial charge in [0.05, 0.1) is 17.9 Å². The lowest BCUT2D eigenvalue weighted by atomic mass is 10.0. The second-order valence-electron chi connectivity index (χ2n) is 2.97. The summed E-state index contributed by atoms with van der Waals surface area (Å²) in [5.74, 6) is 2.75. The lowest BCUT2D eigenvalue weighted by Crippen LogP contribution is -1.96. The fourth-order valence-corrected chi connectivity index (χ4v) is 0. The molecule has 15 heteroatoms. The van der Waals surface area contributed by atoms with E-state index >= 15 is 0 Å². The third-order valence-electron chi connectivity index (χ3n) is 0.820.